The summed E-state index contributed by atoms with van der Waals surface area (Å²) in [5, 5.41) is 12.6. The second-order valence-corrected chi connectivity index (χ2v) is 5.79. The lowest BCUT2D eigenvalue weighted by molar-refractivity contribution is 0.187. The molecule has 0 unspecified atom stereocenters. The minimum atomic E-state index is -0.279. The summed E-state index contributed by atoms with van der Waals surface area (Å²) < 4.78 is 5.81. The van der Waals surface area contributed by atoms with E-state index in [1.165, 1.54) is 0 Å². The number of pyridine rings is 1. The van der Waals surface area contributed by atoms with Crippen LogP contribution in [0, 0.1) is 6.92 Å². The maximum absolute atomic E-state index is 9.25. The fraction of sp³-hybridized carbons (Fsp3) is 0.353. The van der Waals surface area contributed by atoms with Gasteiger partial charge in [-0.05, 0) is 50.1 Å². The van der Waals surface area contributed by atoms with Gasteiger partial charge in [0.15, 0.2) is 0 Å². The number of aryl methyl sites for hydroxylation is 1. The zero-order chi connectivity index (χ0) is 15.3. The summed E-state index contributed by atoms with van der Waals surface area (Å²) in [6, 6.07) is 9.81. The highest BCUT2D eigenvalue weighted by Crippen LogP contribution is 2.25. The van der Waals surface area contributed by atoms with Crippen LogP contribution < -0.4 is 10.1 Å². The van der Waals surface area contributed by atoms with Crippen LogP contribution in [0.4, 0.5) is 0 Å². The van der Waals surface area contributed by atoms with E-state index in [4.69, 9.17) is 4.74 Å². The molecule has 1 aromatic heterocycles. The van der Waals surface area contributed by atoms with E-state index in [0.29, 0.717) is 6.54 Å². The molecule has 0 radical (unpaired) electrons. The molecule has 0 saturated heterocycles. The van der Waals surface area contributed by atoms with Crippen molar-refractivity contribution in [2.75, 3.05) is 6.61 Å². The molecule has 2 N–H and O–H groups in total. The van der Waals surface area contributed by atoms with E-state index in [9.17, 15) is 5.11 Å². The van der Waals surface area contributed by atoms with Crippen molar-refractivity contribution >= 4 is 0 Å². The SMILES string of the molecule is Cc1cc(CNC(C)(C)CO)ccc1Oc1cccnc1. The van der Waals surface area contributed by atoms with Crippen molar-refractivity contribution in [2.45, 2.75) is 32.9 Å². The third kappa shape index (κ3) is 4.55. The monoisotopic (exact) mass is 286 g/mol. The number of aliphatic hydroxyl groups excluding tert-OH is 1. The summed E-state index contributed by atoms with van der Waals surface area (Å²) in [6.07, 6.45) is 3.41. The standard InChI is InChI=1S/C17H22N2O2/c1-13-9-14(10-19-17(2,3)12-20)6-7-16(13)21-15-5-4-8-18-11-15/h4-9,11,19-20H,10,12H2,1-3H3. The van der Waals surface area contributed by atoms with Crippen molar-refractivity contribution in [3.63, 3.8) is 0 Å². The molecule has 0 aliphatic heterocycles. The number of nitrogens with one attached hydrogen (secondary N) is 1. The smallest absolute Gasteiger partial charge is 0.145 e. The molecule has 0 aliphatic carbocycles. The third-order valence-corrected chi connectivity index (χ3v) is 3.27. The predicted molar refractivity (Wildman–Crippen MR) is 83.5 cm³/mol. The third-order valence-electron chi connectivity index (χ3n) is 3.27. The minimum Gasteiger partial charge on any atom is -0.455 e. The summed E-state index contributed by atoms with van der Waals surface area (Å²) in [6.45, 7) is 6.78. The van der Waals surface area contributed by atoms with Crippen molar-refractivity contribution in [3.8, 4) is 11.5 Å². The molecule has 0 atom stereocenters. The van der Waals surface area contributed by atoms with Crippen LogP contribution in [0.5, 0.6) is 11.5 Å². The van der Waals surface area contributed by atoms with E-state index in [2.05, 4.69) is 16.4 Å². The first-order valence-corrected chi connectivity index (χ1v) is 7.03. The number of nitrogens with zero attached hydrogens (tertiary/aromatic N) is 1. The average molecular weight is 286 g/mol. The largest absolute Gasteiger partial charge is 0.455 e. The van der Waals surface area contributed by atoms with Crippen molar-refractivity contribution in [1.82, 2.24) is 10.3 Å². The van der Waals surface area contributed by atoms with E-state index >= 15 is 0 Å². The molecule has 1 heterocycles. The van der Waals surface area contributed by atoms with Crippen LogP contribution in [0.1, 0.15) is 25.0 Å². The molecule has 0 saturated carbocycles. The molecular weight excluding hydrogens is 264 g/mol. The van der Waals surface area contributed by atoms with Gasteiger partial charge in [0, 0.05) is 18.3 Å². The molecule has 112 valence electrons. The van der Waals surface area contributed by atoms with Crippen LogP contribution in [0.3, 0.4) is 0 Å². The van der Waals surface area contributed by atoms with Gasteiger partial charge in [0.1, 0.15) is 11.5 Å². The molecule has 0 spiro atoms. The van der Waals surface area contributed by atoms with Crippen LogP contribution in [-0.4, -0.2) is 22.2 Å². The Morgan fingerprint density at radius 2 is 2.10 bits per heavy atom. The van der Waals surface area contributed by atoms with E-state index in [1.54, 1.807) is 12.4 Å². The summed E-state index contributed by atoms with van der Waals surface area (Å²) in [5.74, 6) is 1.56. The number of benzene rings is 1. The first kappa shape index (κ1) is 15.5. The zero-order valence-corrected chi connectivity index (χ0v) is 12.8. The van der Waals surface area contributed by atoms with E-state index in [1.807, 2.05) is 45.0 Å². The first-order chi connectivity index (χ1) is 10.00. The quantitative estimate of drug-likeness (QED) is 0.857. The normalized spacial score (nSPS) is 11.4. The van der Waals surface area contributed by atoms with Crippen molar-refractivity contribution in [3.05, 3.63) is 53.9 Å². The Bertz CT molecular complexity index is 583. The van der Waals surface area contributed by atoms with Gasteiger partial charge in [0.25, 0.3) is 0 Å². The maximum Gasteiger partial charge on any atom is 0.145 e. The van der Waals surface area contributed by atoms with Gasteiger partial charge in [0.2, 0.25) is 0 Å². The molecule has 4 heteroatoms. The molecule has 4 nitrogen and oxygen atoms in total. The molecule has 0 bridgehead atoms. The van der Waals surface area contributed by atoms with Crippen LogP contribution in [-0.2, 0) is 6.54 Å². The summed E-state index contributed by atoms with van der Waals surface area (Å²) in [5.41, 5.74) is 1.95. The Kier molecular flexibility index (Phi) is 4.94. The van der Waals surface area contributed by atoms with Crippen LogP contribution >= 0.6 is 0 Å². The van der Waals surface area contributed by atoms with E-state index in [-0.39, 0.29) is 12.1 Å². The number of rotatable bonds is 6. The maximum atomic E-state index is 9.25. The van der Waals surface area contributed by atoms with E-state index < -0.39 is 0 Å². The number of aromatic nitrogens is 1. The predicted octanol–water partition coefficient (Wildman–Crippen LogP) is 3.04. The first-order valence-electron chi connectivity index (χ1n) is 7.03. The topological polar surface area (TPSA) is 54.4 Å². The second-order valence-electron chi connectivity index (χ2n) is 5.79. The van der Waals surface area contributed by atoms with Gasteiger partial charge in [-0.25, -0.2) is 0 Å². The fourth-order valence-corrected chi connectivity index (χ4v) is 1.87. The Morgan fingerprint density at radius 3 is 2.71 bits per heavy atom. The summed E-state index contributed by atoms with van der Waals surface area (Å²) >= 11 is 0. The van der Waals surface area contributed by atoms with Gasteiger partial charge >= 0.3 is 0 Å². The molecule has 1 aromatic carbocycles. The highest BCUT2D eigenvalue weighted by molar-refractivity contribution is 5.39. The molecule has 0 fully saturated rings. The molecular formula is C17H22N2O2. The molecule has 2 rings (SSSR count). The molecule has 2 aromatic rings. The number of hydrogen-bond donors (Lipinski definition) is 2. The Labute approximate surface area is 125 Å². The average Bonchev–Trinajstić information content (AvgIpc) is 2.49. The van der Waals surface area contributed by atoms with Gasteiger partial charge in [-0.2, -0.15) is 0 Å². The van der Waals surface area contributed by atoms with Crippen molar-refractivity contribution in [1.29, 1.82) is 0 Å². The van der Waals surface area contributed by atoms with Gasteiger partial charge in [-0.3, -0.25) is 4.98 Å². The van der Waals surface area contributed by atoms with Gasteiger partial charge in [-0.15, -0.1) is 0 Å². The molecule has 0 amide bonds. The van der Waals surface area contributed by atoms with Crippen molar-refractivity contribution < 1.29 is 9.84 Å². The Hall–Kier alpha value is -1.91. The lowest BCUT2D eigenvalue weighted by Crippen LogP contribution is -2.42. The lowest BCUT2D eigenvalue weighted by atomic mass is 10.1. The van der Waals surface area contributed by atoms with Crippen LogP contribution in [0.25, 0.3) is 0 Å². The highest BCUT2D eigenvalue weighted by Gasteiger charge is 2.15. The van der Waals surface area contributed by atoms with Gasteiger partial charge < -0.3 is 15.2 Å². The zero-order valence-electron chi connectivity index (χ0n) is 12.8. The van der Waals surface area contributed by atoms with Crippen LogP contribution in [0.2, 0.25) is 0 Å². The Morgan fingerprint density at radius 1 is 1.29 bits per heavy atom. The number of aliphatic hydroxyl groups is 1. The second kappa shape index (κ2) is 6.70. The molecule has 0 aliphatic rings. The van der Waals surface area contributed by atoms with Crippen molar-refractivity contribution in [2.24, 2.45) is 0 Å². The van der Waals surface area contributed by atoms with E-state index in [0.717, 1.165) is 22.6 Å². The lowest BCUT2D eigenvalue weighted by Gasteiger charge is -2.23. The summed E-state index contributed by atoms with van der Waals surface area (Å²) in [4.78, 5) is 4.04. The fourth-order valence-electron chi connectivity index (χ4n) is 1.87. The summed E-state index contributed by atoms with van der Waals surface area (Å²) in [7, 11) is 0. The molecule has 21 heavy (non-hydrogen) atoms. The Balaban J connectivity index is 2.04. The van der Waals surface area contributed by atoms with Gasteiger partial charge in [-0.1, -0.05) is 12.1 Å². The number of ether oxygens (including phenoxy) is 1. The van der Waals surface area contributed by atoms with Gasteiger partial charge in [0.05, 0.1) is 12.8 Å². The highest BCUT2D eigenvalue weighted by atomic mass is 16.5. The number of hydrogen-bond acceptors (Lipinski definition) is 4. The minimum absolute atomic E-state index is 0.105. The van der Waals surface area contributed by atoms with Crippen LogP contribution in [0.15, 0.2) is 42.7 Å².